The van der Waals surface area contributed by atoms with E-state index in [1.165, 1.54) is 6.42 Å². The van der Waals surface area contributed by atoms with Crippen molar-refractivity contribution in [1.29, 1.82) is 0 Å². The van der Waals surface area contributed by atoms with Crippen LogP contribution >= 0.6 is 11.6 Å². The first-order chi connectivity index (χ1) is 9.00. The fourth-order valence-electron chi connectivity index (χ4n) is 2.71. The van der Waals surface area contributed by atoms with Crippen LogP contribution in [0.2, 0.25) is 5.02 Å². The summed E-state index contributed by atoms with van der Waals surface area (Å²) in [6.07, 6.45) is 3.99. The van der Waals surface area contributed by atoms with Crippen LogP contribution in [-0.2, 0) is 11.3 Å². The predicted octanol–water partition coefficient (Wildman–Crippen LogP) is 2.94. The highest BCUT2D eigenvalue weighted by atomic mass is 35.5. The van der Waals surface area contributed by atoms with Crippen LogP contribution in [0.1, 0.15) is 44.0 Å². The first kappa shape index (κ1) is 14.4. The second-order valence-corrected chi connectivity index (χ2v) is 5.77. The van der Waals surface area contributed by atoms with Crippen LogP contribution in [0, 0.1) is 13.8 Å². The molecule has 0 bridgehead atoms. The second kappa shape index (κ2) is 5.95. The van der Waals surface area contributed by atoms with Gasteiger partial charge in [-0.1, -0.05) is 11.6 Å². The van der Waals surface area contributed by atoms with Crippen molar-refractivity contribution in [3.05, 3.63) is 16.4 Å². The van der Waals surface area contributed by atoms with Crippen molar-refractivity contribution in [2.45, 2.75) is 59.0 Å². The minimum absolute atomic E-state index is 0.232. The molecule has 0 aromatic carbocycles. The molecule has 1 amide bonds. The number of nitrogens with zero attached hydrogens (tertiary/aromatic N) is 3. The molecule has 106 valence electrons. The number of carbonyl (C=O) groups excluding carboxylic acids is 1. The summed E-state index contributed by atoms with van der Waals surface area (Å²) in [6.45, 7) is 7.48. The van der Waals surface area contributed by atoms with E-state index in [1.54, 1.807) is 0 Å². The van der Waals surface area contributed by atoms with Gasteiger partial charge in [0.05, 0.1) is 23.0 Å². The van der Waals surface area contributed by atoms with Gasteiger partial charge in [0.1, 0.15) is 0 Å². The van der Waals surface area contributed by atoms with Gasteiger partial charge in [-0.25, -0.2) is 0 Å². The van der Waals surface area contributed by atoms with Crippen LogP contribution in [0.5, 0.6) is 0 Å². The van der Waals surface area contributed by atoms with Crippen LogP contribution in [0.25, 0.3) is 0 Å². The topological polar surface area (TPSA) is 38.1 Å². The summed E-state index contributed by atoms with van der Waals surface area (Å²) in [5.74, 6) is 0.232. The summed E-state index contributed by atoms with van der Waals surface area (Å²) in [4.78, 5) is 14.2. The van der Waals surface area contributed by atoms with E-state index in [9.17, 15) is 4.79 Å². The van der Waals surface area contributed by atoms with Gasteiger partial charge in [-0.15, -0.1) is 0 Å². The van der Waals surface area contributed by atoms with E-state index in [1.807, 2.05) is 23.4 Å². The standard InChI is InChI=1S/C14H22ClN3O/c1-10-6-4-5-8-17(10)13(19)7-9-18-12(3)14(15)11(2)16-18/h10H,4-9H2,1-3H3/t10-/m1/s1. The molecule has 1 aromatic rings. The molecule has 0 unspecified atom stereocenters. The number of halogens is 1. The van der Waals surface area contributed by atoms with E-state index in [-0.39, 0.29) is 5.91 Å². The summed E-state index contributed by atoms with van der Waals surface area (Å²) in [7, 11) is 0. The molecule has 1 fully saturated rings. The molecule has 1 aliphatic rings. The highest BCUT2D eigenvalue weighted by Gasteiger charge is 2.23. The van der Waals surface area contributed by atoms with Crippen LogP contribution in [-0.4, -0.2) is 33.2 Å². The molecule has 4 nitrogen and oxygen atoms in total. The summed E-state index contributed by atoms with van der Waals surface area (Å²) < 4.78 is 1.84. The molecule has 0 aliphatic carbocycles. The lowest BCUT2D eigenvalue weighted by molar-refractivity contribution is -0.134. The third-order valence-electron chi connectivity index (χ3n) is 3.95. The Morgan fingerprint density at radius 1 is 1.42 bits per heavy atom. The fourth-order valence-corrected chi connectivity index (χ4v) is 2.84. The zero-order valence-electron chi connectivity index (χ0n) is 11.9. The van der Waals surface area contributed by atoms with Gasteiger partial charge in [0, 0.05) is 19.0 Å². The lowest BCUT2D eigenvalue weighted by Crippen LogP contribution is -2.42. The van der Waals surface area contributed by atoms with E-state index >= 15 is 0 Å². The Kier molecular flexibility index (Phi) is 4.50. The van der Waals surface area contributed by atoms with E-state index < -0.39 is 0 Å². The molecule has 1 atom stereocenters. The Morgan fingerprint density at radius 3 is 2.74 bits per heavy atom. The smallest absolute Gasteiger partial charge is 0.224 e. The highest BCUT2D eigenvalue weighted by Crippen LogP contribution is 2.20. The maximum absolute atomic E-state index is 12.2. The van der Waals surface area contributed by atoms with Crippen LogP contribution in [0.15, 0.2) is 0 Å². The van der Waals surface area contributed by atoms with Crippen LogP contribution in [0.3, 0.4) is 0 Å². The second-order valence-electron chi connectivity index (χ2n) is 5.39. The van der Waals surface area contributed by atoms with E-state index in [2.05, 4.69) is 12.0 Å². The third-order valence-corrected chi connectivity index (χ3v) is 4.50. The Hall–Kier alpha value is -1.03. The van der Waals surface area contributed by atoms with Gasteiger partial charge in [-0.05, 0) is 40.0 Å². The fraction of sp³-hybridized carbons (Fsp3) is 0.714. The first-order valence-corrected chi connectivity index (χ1v) is 7.37. The maximum atomic E-state index is 12.2. The number of likely N-dealkylation sites (tertiary alicyclic amines) is 1. The SMILES string of the molecule is Cc1nn(CCC(=O)N2CCCC[C@H]2C)c(C)c1Cl. The van der Waals surface area contributed by atoms with Gasteiger partial charge < -0.3 is 4.90 Å². The number of aromatic nitrogens is 2. The molecule has 0 radical (unpaired) electrons. The maximum Gasteiger partial charge on any atom is 0.224 e. The van der Waals surface area contributed by atoms with Crippen molar-refractivity contribution in [1.82, 2.24) is 14.7 Å². The lowest BCUT2D eigenvalue weighted by atomic mass is 10.0. The third kappa shape index (κ3) is 3.11. The zero-order chi connectivity index (χ0) is 14.0. The molecule has 1 aromatic heterocycles. The van der Waals surface area contributed by atoms with Crippen LogP contribution in [0.4, 0.5) is 0 Å². The van der Waals surface area contributed by atoms with Gasteiger partial charge in [-0.2, -0.15) is 5.10 Å². The molecule has 1 aliphatic heterocycles. The number of aryl methyl sites for hydroxylation is 2. The minimum Gasteiger partial charge on any atom is -0.340 e. The van der Waals surface area contributed by atoms with Crippen molar-refractivity contribution < 1.29 is 4.79 Å². The molecule has 0 spiro atoms. The van der Waals surface area contributed by atoms with Gasteiger partial charge in [0.25, 0.3) is 0 Å². The normalized spacial score (nSPS) is 19.8. The van der Waals surface area contributed by atoms with Crippen LogP contribution < -0.4 is 0 Å². The predicted molar refractivity (Wildman–Crippen MR) is 76.4 cm³/mol. The monoisotopic (exact) mass is 283 g/mol. The number of amides is 1. The van der Waals surface area contributed by atoms with Gasteiger partial charge >= 0.3 is 0 Å². The summed E-state index contributed by atoms with van der Waals surface area (Å²) in [5.41, 5.74) is 1.77. The average molecular weight is 284 g/mol. The number of piperidine rings is 1. The summed E-state index contributed by atoms with van der Waals surface area (Å²) in [5, 5.41) is 5.07. The van der Waals surface area contributed by atoms with Gasteiger partial charge in [0.15, 0.2) is 0 Å². The quantitative estimate of drug-likeness (QED) is 0.855. The molecule has 0 N–H and O–H groups in total. The number of hydrogen-bond donors (Lipinski definition) is 0. The van der Waals surface area contributed by atoms with E-state index in [0.717, 1.165) is 30.8 Å². The number of rotatable bonds is 3. The number of carbonyl (C=O) groups is 1. The Labute approximate surface area is 119 Å². The van der Waals surface area contributed by atoms with Crippen molar-refractivity contribution in [2.75, 3.05) is 6.54 Å². The molecule has 2 heterocycles. The van der Waals surface area contributed by atoms with E-state index in [4.69, 9.17) is 11.6 Å². The average Bonchev–Trinajstić information content (AvgIpc) is 2.64. The molecular formula is C14H22ClN3O. The molecule has 5 heteroatoms. The molecule has 0 saturated carbocycles. The Bertz CT molecular complexity index is 470. The van der Waals surface area contributed by atoms with Crippen molar-refractivity contribution in [3.8, 4) is 0 Å². The Morgan fingerprint density at radius 2 is 2.16 bits per heavy atom. The summed E-state index contributed by atoms with van der Waals surface area (Å²) in [6, 6.07) is 0.380. The Balaban J connectivity index is 1.94. The summed E-state index contributed by atoms with van der Waals surface area (Å²) >= 11 is 6.11. The largest absolute Gasteiger partial charge is 0.340 e. The van der Waals surface area contributed by atoms with E-state index in [0.29, 0.717) is 24.0 Å². The molecule has 2 rings (SSSR count). The lowest BCUT2D eigenvalue weighted by Gasteiger charge is -2.33. The zero-order valence-corrected chi connectivity index (χ0v) is 12.7. The molecular weight excluding hydrogens is 262 g/mol. The molecule has 1 saturated heterocycles. The van der Waals surface area contributed by atoms with Crippen molar-refractivity contribution in [3.63, 3.8) is 0 Å². The van der Waals surface area contributed by atoms with Crippen molar-refractivity contribution >= 4 is 17.5 Å². The number of hydrogen-bond acceptors (Lipinski definition) is 2. The highest BCUT2D eigenvalue weighted by molar-refractivity contribution is 6.31. The first-order valence-electron chi connectivity index (χ1n) is 6.99. The minimum atomic E-state index is 0.232. The molecule has 19 heavy (non-hydrogen) atoms. The van der Waals surface area contributed by atoms with Gasteiger partial charge in [0.2, 0.25) is 5.91 Å². The van der Waals surface area contributed by atoms with Crippen molar-refractivity contribution in [2.24, 2.45) is 0 Å². The van der Waals surface area contributed by atoms with Gasteiger partial charge in [-0.3, -0.25) is 9.48 Å².